The van der Waals surface area contributed by atoms with Gasteiger partial charge in [0.25, 0.3) is 4.84 Å². The quantitative estimate of drug-likeness (QED) is 0.577. The van der Waals surface area contributed by atoms with E-state index in [1.807, 2.05) is 35.0 Å². The number of benzene rings is 1. The van der Waals surface area contributed by atoms with Crippen LogP contribution in [0.25, 0.3) is 5.69 Å². The lowest BCUT2D eigenvalue weighted by molar-refractivity contribution is 0.491. The van der Waals surface area contributed by atoms with Crippen molar-refractivity contribution in [2.75, 3.05) is 0 Å². The number of aromatic nitrogens is 1. The predicted molar refractivity (Wildman–Crippen MR) is 86.7 cm³/mol. The first kappa shape index (κ1) is 15.1. The van der Waals surface area contributed by atoms with Crippen molar-refractivity contribution in [3.8, 4) is 11.4 Å². The molecule has 0 saturated heterocycles. The van der Waals surface area contributed by atoms with Crippen molar-refractivity contribution >= 4 is 20.5 Å². The van der Waals surface area contributed by atoms with Gasteiger partial charge in [-0.05, 0) is 42.5 Å². The van der Waals surface area contributed by atoms with Gasteiger partial charge < -0.3 is 8.84 Å². The third-order valence-electron chi connectivity index (χ3n) is 3.85. The molecule has 5 heteroatoms. The monoisotopic (exact) mass is 307 g/mol. The first-order chi connectivity index (χ1) is 9.21. The van der Waals surface area contributed by atoms with Crippen LogP contribution in [0.2, 0.25) is 18.1 Å². The first-order valence-corrected chi connectivity index (χ1v) is 9.98. The van der Waals surface area contributed by atoms with Crippen LogP contribution in [0.15, 0.2) is 41.1 Å². The van der Waals surface area contributed by atoms with Crippen molar-refractivity contribution in [2.45, 2.75) is 38.9 Å². The Labute approximate surface area is 126 Å². The Hall–Kier alpha value is -1.33. The van der Waals surface area contributed by atoms with Gasteiger partial charge in [-0.3, -0.25) is 4.57 Å². The summed E-state index contributed by atoms with van der Waals surface area (Å²) in [6.45, 7) is 11.2. The minimum absolute atomic E-state index is 0.176. The highest BCUT2D eigenvalue weighted by atomic mass is 32.1. The van der Waals surface area contributed by atoms with Gasteiger partial charge in [-0.25, -0.2) is 0 Å². The summed E-state index contributed by atoms with van der Waals surface area (Å²) in [5.74, 6) is 0.886. The van der Waals surface area contributed by atoms with Crippen LogP contribution in [-0.2, 0) is 0 Å². The molecule has 108 valence electrons. The maximum atomic E-state index is 6.31. The Kier molecular flexibility index (Phi) is 3.93. The Morgan fingerprint density at radius 1 is 1.25 bits per heavy atom. The third-order valence-corrected chi connectivity index (χ3v) is 8.50. The Morgan fingerprint density at radius 3 is 2.50 bits per heavy atom. The zero-order chi connectivity index (χ0) is 15.0. The van der Waals surface area contributed by atoms with Crippen molar-refractivity contribution in [1.29, 1.82) is 0 Å². The summed E-state index contributed by atoms with van der Waals surface area (Å²) in [4.78, 5) is 0.439. The van der Waals surface area contributed by atoms with E-state index in [2.05, 4.69) is 33.9 Å². The molecule has 0 fully saturated rings. The number of rotatable bonds is 3. The molecule has 20 heavy (non-hydrogen) atoms. The van der Waals surface area contributed by atoms with Gasteiger partial charge in [-0.1, -0.05) is 26.8 Å². The van der Waals surface area contributed by atoms with E-state index in [0.29, 0.717) is 4.84 Å². The molecule has 0 unspecified atom stereocenters. The average molecular weight is 307 g/mol. The third kappa shape index (κ3) is 3.04. The average Bonchev–Trinajstić information content (AvgIpc) is 2.73. The fourth-order valence-electron chi connectivity index (χ4n) is 1.60. The van der Waals surface area contributed by atoms with Gasteiger partial charge in [-0.2, -0.15) is 0 Å². The Balaban J connectivity index is 2.32. The molecule has 2 rings (SSSR count). The maximum absolute atomic E-state index is 6.31. The van der Waals surface area contributed by atoms with Gasteiger partial charge in [0, 0.05) is 12.3 Å². The molecule has 0 saturated carbocycles. The topological polar surface area (TPSA) is 27.3 Å². The lowest BCUT2D eigenvalue weighted by Gasteiger charge is -2.36. The Morgan fingerprint density at radius 2 is 1.95 bits per heavy atom. The van der Waals surface area contributed by atoms with E-state index in [4.69, 9.17) is 21.1 Å². The van der Waals surface area contributed by atoms with Crippen LogP contribution in [0.1, 0.15) is 20.8 Å². The van der Waals surface area contributed by atoms with Gasteiger partial charge in [0.05, 0.1) is 5.69 Å². The second kappa shape index (κ2) is 5.22. The SMILES string of the molecule is CC(C)(C)[Si](C)(C)Oc1cccc(-n2ccoc2=S)c1. The van der Waals surface area contributed by atoms with Crippen molar-refractivity contribution in [2.24, 2.45) is 0 Å². The van der Waals surface area contributed by atoms with Gasteiger partial charge in [0.1, 0.15) is 12.0 Å². The van der Waals surface area contributed by atoms with Crippen LogP contribution < -0.4 is 4.43 Å². The van der Waals surface area contributed by atoms with Crippen LogP contribution >= 0.6 is 12.2 Å². The van der Waals surface area contributed by atoms with E-state index in [1.165, 1.54) is 0 Å². The molecule has 0 aliphatic rings. The van der Waals surface area contributed by atoms with Crippen LogP contribution in [0.4, 0.5) is 0 Å². The zero-order valence-electron chi connectivity index (χ0n) is 12.6. The minimum atomic E-state index is -1.83. The molecule has 0 aliphatic heterocycles. The van der Waals surface area contributed by atoms with E-state index in [9.17, 15) is 0 Å². The summed E-state index contributed by atoms with van der Waals surface area (Å²) in [5, 5.41) is 0.176. The maximum Gasteiger partial charge on any atom is 0.273 e. The Bertz CT molecular complexity index is 652. The van der Waals surface area contributed by atoms with E-state index in [0.717, 1.165) is 11.4 Å². The standard InChI is InChI=1S/C15H21NO2SSi/c1-15(2,3)20(4,5)18-13-8-6-7-12(11-13)16-9-10-17-14(16)19/h6-11H,1-5H3. The van der Waals surface area contributed by atoms with Crippen LogP contribution in [0.3, 0.4) is 0 Å². The summed E-state index contributed by atoms with van der Waals surface area (Å²) in [6, 6.07) is 7.97. The van der Waals surface area contributed by atoms with E-state index in [1.54, 1.807) is 6.26 Å². The number of nitrogens with zero attached hydrogens (tertiary/aromatic N) is 1. The molecule has 0 amide bonds. The molecule has 0 spiro atoms. The van der Waals surface area contributed by atoms with Crippen molar-refractivity contribution in [3.63, 3.8) is 0 Å². The van der Waals surface area contributed by atoms with E-state index >= 15 is 0 Å². The molecule has 1 aromatic heterocycles. The number of hydrogen-bond acceptors (Lipinski definition) is 3. The molecule has 0 N–H and O–H groups in total. The molecule has 1 heterocycles. The molecular formula is C15H21NO2SSi. The predicted octanol–water partition coefficient (Wildman–Crippen LogP) is 5.18. The van der Waals surface area contributed by atoms with Crippen molar-refractivity contribution in [3.05, 3.63) is 41.6 Å². The second-order valence-corrected chi connectivity index (χ2v) is 11.5. The highest BCUT2D eigenvalue weighted by Crippen LogP contribution is 2.37. The normalized spacial score (nSPS) is 12.4. The molecule has 0 bridgehead atoms. The summed E-state index contributed by atoms with van der Waals surface area (Å²) in [7, 11) is -1.83. The highest BCUT2D eigenvalue weighted by Gasteiger charge is 2.38. The minimum Gasteiger partial charge on any atom is -0.543 e. The van der Waals surface area contributed by atoms with Crippen LogP contribution in [0, 0.1) is 4.84 Å². The summed E-state index contributed by atoms with van der Waals surface area (Å²) >= 11 is 5.14. The largest absolute Gasteiger partial charge is 0.543 e. The molecule has 0 radical (unpaired) electrons. The molecule has 0 atom stereocenters. The summed E-state index contributed by atoms with van der Waals surface area (Å²) in [6.07, 6.45) is 3.40. The lowest BCUT2D eigenvalue weighted by atomic mass is 10.2. The zero-order valence-corrected chi connectivity index (χ0v) is 14.5. The molecular weight excluding hydrogens is 286 g/mol. The molecule has 0 aliphatic carbocycles. The first-order valence-electron chi connectivity index (χ1n) is 6.66. The van der Waals surface area contributed by atoms with Gasteiger partial charge in [0.2, 0.25) is 8.32 Å². The number of hydrogen-bond donors (Lipinski definition) is 0. The van der Waals surface area contributed by atoms with E-state index < -0.39 is 8.32 Å². The van der Waals surface area contributed by atoms with E-state index in [-0.39, 0.29) is 5.04 Å². The number of oxazole rings is 1. The van der Waals surface area contributed by atoms with Gasteiger partial charge >= 0.3 is 0 Å². The molecule has 1 aromatic carbocycles. The van der Waals surface area contributed by atoms with Crippen molar-refractivity contribution < 1.29 is 8.84 Å². The molecule has 2 aromatic rings. The van der Waals surface area contributed by atoms with Gasteiger partial charge in [0.15, 0.2) is 0 Å². The van der Waals surface area contributed by atoms with Crippen LogP contribution in [0.5, 0.6) is 5.75 Å². The van der Waals surface area contributed by atoms with Crippen LogP contribution in [-0.4, -0.2) is 12.9 Å². The fourth-order valence-corrected chi connectivity index (χ4v) is 2.85. The van der Waals surface area contributed by atoms with Gasteiger partial charge in [-0.15, -0.1) is 0 Å². The lowest BCUT2D eigenvalue weighted by Crippen LogP contribution is -2.43. The highest BCUT2D eigenvalue weighted by molar-refractivity contribution is 7.71. The smallest absolute Gasteiger partial charge is 0.273 e. The second-order valence-electron chi connectivity index (χ2n) is 6.40. The fraction of sp³-hybridized carbons (Fsp3) is 0.400. The molecule has 3 nitrogen and oxygen atoms in total. The summed E-state index contributed by atoms with van der Waals surface area (Å²) in [5.41, 5.74) is 0.958. The summed E-state index contributed by atoms with van der Waals surface area (Å²) < 4.78 is 13.3. The van der Waals surface area contributed by atoms with Crippen molar-refractivity contribution in [1.82, 2.24) is 4.57 Å².